The molecule has 1 aliphatic rings. The minimum atomic E-state index is -0.266. The minimum Gasteiger partial charge on any atom is -0.367 e. The summed E-state index contributed by atoms with van der Waals surface area (Å²) in [6, 6.07) is 13.6. The standard InChI is InChI=1S/C19H17BrN2O2S/c1-12-3-5-14(6-4-12)10-17-18(23)22(19(24)25-17)11-21-16-8-7-15(20)9-13(16)2/h3-10,21H,11H2,1-2H3/b17-10-. The molecule has 0 radical (unpaired) electrons. The Morgan fingerprint density at radius 3 is 2.52 bits per heavy atom. The van der Waals surface area contributed by atoms with Gasteiger partial charge in [-0.2, -0.15) is 0 Å². The zero-order chi connectivity index (χ0) is 18.0. The lowest BCUT2D eigenvalue weighted by atomic mass is 10.1. The second-order valence-corrected chi connectivity index (χ2v) is 7.72. The maximum atomic E-state index is 12.5. The van der Waals surface area contributed by atoms with Crippen molar-refractivity contribution >= 4 is 50.6 Å². The molecule has 3 rings (SSSR count). The summed E-state index contributed by atoms with van der Waals surface area (Å²) in [6.07, 6.45) is 1.76. The van der Waals surface area contributed by atoms with E-state index < -0.39 is 0 Å². The number of hydrogen-bond donors (Lipinski definition) is 1. The Morgan fingerprint density at radius 2 is 1.84 bits per heavy atom. The largest absolute Gasteiger partial charge is 0.367 e. The monoisotopic (exact) mass is 416 g/mol. The van der Waals surface area contributed by atoms with E-state index in [-0.39, 0.29) is 17.8 Å². The van der Waals surface area contributed by atoms with Gasteiger partial charge in [0.25, 0.3) is 11.1 Å². The number of carbonyl (C=O) groups excluding carboxylic acids is 2. The SMILES string of the molecule is Cc1ccc(/C=C2\SC(=O)N(CNc3ccc(Br)cc3C)C2=O)cc1. The Morgan fingerprint density at radius 1 is 1.12 bits per heavy atom. The third kappa shape index (κ3) is 4.14. The van der Waals surface area contributed by atoms with Crippen LogP contribution in [0.2, 0.25) is 0 Å². The van der Waals surface area contributed by atoms with Crippen LogP contribution in [-0.4, -0.2) is 22.7 Å². The Hall–Kier alpha value is -2.05. The fourth-order valence-electron chi connectivity index (χ4n) is 2.44. The lowest BCUT2D eigenvalue weighted by Crippen LogP contribution is -2.33. The fraction of sp³-hybridized carbons (Fsp3) is 0.158. The van der Waals surface area contributed by atoms with Crippen LogP contribution in [0.25, 0.3) is 6.08 Å². The van der Waals surface area contributed by atoms with Crippen molar-refractivity contribution in [1.82, 2.24) is 4.90 Å². The number of anilines is 1. The summed E-state index contributed by atoms with van der Waals surface area (Å²) in [4.78, 5) is 26.4. The summed E-state index contributed by atoms with van der Waals surface area (Å²) in [5.74, 6) is -0.266. The number of amides is 2. The van der Waals surface area contributed by atoms with E-state index in [9.17, 15) is 9.59 Å². The summed E-state index contributed by atoms with van der Waals surface area (Å²) in [6.45, 7) is 4.13. The van der Waals surface area contributed by atoms with Gasteiger partial charge < -0.3 is 5.32 Å². The summed E-state index contributed by atoms with van der Waals surface area (Å²) < 4.78 is 0.989. The first kappa shape index (κ1) is 17.8. The molecule has 0 unspecified atom stereocenters. The summed E-state index contributed by atoms with van der Waals surface area (Å²) >= 11 is 4.39. The van der Waals surface area contributed by atoms with E-state index in [1.807, 2.05) is 56.3 Å². The number of hydrogen-bond acceptors (Lipinski definition) is 4. The van der Waals surface area contributed by atoms with Gasteiger partial charge in [-0.1, -0.05) is 45.8 Å². The first-order chi connectivity index (χ1) is 11.9. The topological polar surface area (TPSA) is 49.4 Å². The van der Waals surface area contributed by atoms with Crippen LogP contribution in [0.15, 0.2) is 51.8 Å². The van der Waals surface area contributed by atoms with Gasteiger partial charge in [-0.25, -0.2) is 0 Å². The predicted octanol–water partition coefficient (Wildman–Crippen LogP) is 5.17. The number of imide groups is 1. The predicted molar refractivity (Wildman–Crippen MR) is 106 cm³/mol. The molecule has 128 valence electrons. The molecule has 1 saturated heterocycles. The average Bonchev–Trinajstić information content (AvgIpc) is 2.83. The number of nitrogens with one attached hydrogen (secondary N) is 1. The molecular formula is C19H17BrN2O2S. The van der Waals surface area contributed by atoms with Gasteiger partial charge in [-0.15, -0.1) is 0 Å². The fourth-order valence-corrected chi connectivity index (χ4v) is 3.75. The third-order valence-corrected chi connectivity index (χ3v) is 5.27. The number of aryl methyl sites for hydroxylation is 2. The van der Waals surface area contributed by atoms with E-state index in [1.54, 1.807) is 6.08 Å². The maximum absolute atomic E-state index is 12.5. The maximum Gasteiger partial charge on any atom is 0.295 e. The second kappa shape index (κ2) is 7.45. The molecule has 0 aromatic heterocycles. The highest BCUT2D eigenvalue weighted by Crippen LogP contribution is 2.32. The van der Waals surface area contributed by atoms with Crippen LogP contribution >= 0.6 is 27.7 Å². The van der Waals surface area contributed by atoms with Crippen LogP contribution in [0, 0.1) is 13.8 Å². The van der Waals surface area contributed by atoms with Crippen molar-refractivity contribution in [3.8, 4) is 0 Å². The lowest BCUT2D eigenvalue weighted by Gasteiger charge is -2.16. The smallest absolute Gasteiger partial charge is 0.295 e. The van der Waals surface area contributed by atoms with Gasteiger partial charge >= 0.3 is 0 Å². The van der Waals surface area contributed by atoms with Crippen molar-refractivity contribution in [3.63, 3.8) is 0 Å². The summed E-state index contributed by atoms with van der Waals surface area (Å²) in [7, 11) is 0. The van der Waals surface area contributed by atoms with E-state index in [0.29, 0.717) is 4.91 Å². The second-order valence-electron chi connectivity index (χ2n) is 5.81. The number of carbonyl (C=O) groups is 2. The van der Waals surface area contributed by atoms with Gasteiger partial charge in [0.1, 0.15) is 0 Å². The van der Waals surface area contributed by atoms with Crippen LogP contribution in [0.4, 0.5) is 10.5 Å². The molecule has 1 fully saturated rings. The highest BCUT2D eigenvalue weighted by molar-refractivity contribution is 9.10. The molecule has 1 aliphatic heterocycles. The molecule has 0 bridgehead atoms. The molecule has 1 N–H and O–H groups in total. The quantitative estimate of drug-likeness (QED) is 0.698. The van der Waals surface area contributed by atoms with Crippen LogP contribution in [0.1, 0.15) is 16.7 Å². The molecule has 0 atom stereocenters. The van der Waals surface area contributed by atoms with Crippen molar-refractivity contribution in [2.45, 2.75) is 13.8 Å². The lowest BCUT2D eigenvalue weighted by molar-refractivity contribution is -0.122. The van der Waals surface area contributed by atoms with E-state index >= 15 is 0 Å². The number of halogens is 1. The zero-order valence-electron chi connectivity index (χ0n) is 13.9. The Kier molecular flexibility index (Phi) is 5.30. The molecule has 2 aromatic rings. The third-order valence-electron chi connectivity index (χ3n) is 3.86. The van der Waals surface area contributed by atoms with E-state index in [2.05, 4.69) is 21.2 Å². The van der Waals surface area contributed by atoms with Crippen LogP contribution in [-0.2, 0) is 4.79 Å². The molecule has 6 heteroatoms. The average molecular weight is 417 g/mol. The summed E-state index contributed by atoms with van der Waals surface area (Å²) in [5.41, 5.74) is 3.99. The van der Waals surface area contributed by atoms with Crippen molar-refractivity contribution < 1.29 is 9.59 Å². The van der Waals surface area contributed by atoms with Crippen molar-refractivity contribution in [1.29, 1.82) is 0 Å². The molecule has 4 nitrogen and oxygen atoms in total. The summed E-state index contributed by atoms with van der Waals surface area (Å²) in [5, 5.41) is 2.90. The first-order valence-electron chi connectivity index (χ1n) is 7.76. The Balaban J connectivity index is 1.72. The first-order valence-corrected chi connectivity index (χ1v) is 9.37. The van der Waals surface area contributed by atoms with Gasteiger partial charge in [0.15, 0.2) is 0 Å². The van der Waals surface area contributed by atoms with E-state index in [1.165, 1.54) is 4.90 Å². The Bertz CT molecular complexity index is 862. The molecule has 1 heterocycles. The van der Waals surface area contributed by atoms with Gasteiger partial charge in [-0.3, -0.25) is 14.5 Å². The highest BCUT2D eigenvalue weighted by atomic mass is 79.9. The van der Waals surface area contributed by atoms with E-state index in [0.717, 1.165) is 38.6 Å². The van der Waals surface area contributed by atoms with Gasteiger partial charge in [-0.05, 0) is 61.0 Å². The van der Waals surface area contributed by atoms with Gasteiger partial charge in [0.2, 0.25) is 0 Å². The number of thioether (sulfide) groups is 1. The van der Waals surface area contributed by atoms with Crippen LogP contribution in [0.3, 0.4) is 0 Å². The van der Waals surface area contributed by atoms with Gasteiger partial charge in [0.05, 0.1) is 11.6 Å². The normalized spacial score (nSPS) is 16.0. The van der Waals surface area contributed by atoms with Gasteiger partial charge in [0, 0.05) is 10.2 Å². The van der Waals surface area contributed by atoms with Crippen LogP contribution < -0.4 is 5.32 Å². The Labute approximate surface area is 159 Å². The molecule has 2 amide bonds. The number of benzene rings is 2. The molecule has 0 spiro atoms. The van der Waals surface area contributed by atoms with E-state index in [4.69, 9.17) is 0 Å². The van der Waals surface area contributed by atoms with Crippen molar-refractivity contribution in [2.24, 2.45) is 0 Å². The molecular weight excluding hydrogens is 400 g/mol. The number of rotatable bonds is 4. The van der Waals surface area contributed by atoms with Crippen molar-refractivity contribution in [2.75, 3.05) is 12.0 Å². The highest BCUT2D eigenvalue weighted by Gasteiger charge is 2.34. The molecule has 0 aliphatic carbocycles. The number of nitrogens with zero attached hydrogens (tertiary/aromatic N) is 1. The molecule has 25 heavy (non-hydrogen) atoms. The zero-order valence-corrected chi connectivity index (χ0v) is 16.3. The van der Waals surface area contributed by atoms with Crippen LogP contribution in [0.5, 0.6) is 0 Å². The minimum absolute atomic E-state index is 0.151. The van der Waals surface area contributed by atoms with Crippen molar-refractivity contribution in [3.05, 3.63) is 68.5 Å². The molecule has 2 aromatic carbocycles. The molecule has 0 saturated carbocycles.